The molecule has 0 saturated heterocycles. The van der Waals surface area contributed by atoms with Gasteiger partial charge in [-0.1, -0.05) is 12.1 Å². The summed E-state index contributed by atoms with van der Waals surface area (Å²) in [4.78, 5) is 4.87. The van der Waals surface area contributed by atoms with Crippen LogP contribution in [0.3, 0.4) is 0 Å². The lowest BCUT2D eigenvalue weighted by molar-refractivity contribution is 0.315. The molecule has 4 aromatic rings. The smallest absolute Gasteiger partial charge is 0.175 e. The van der Waals surface area contributed by atoms with Crippen molar-refractivity contribution in [3.05, 3.63) is 48.5 Å². The molecule has 0 N–H and O–H groups in total. The molecule has 4 rings (SSSR count). The third-order valence-electron chi connectivity index (χ3n) is 3.64. The summed E-state index contributed by atoms with van der Waals surface area (Å²) in [6.45, 7) is 0. The lowest BCUT2D eigenvalue weighted by Crippen LogP contribution is -1.97. The van der Waals surface area contributed by atoms with Crippen LogP contribution in [0.5, 0.6) is 0 Å². The first-order valence-corrected chi connectivity index (χ1v) is 8.73. The number of rotatable bonds is 2. The normalized spacial score (nSPS) is 12.0. The molecule has 0 fully saturated rings. The van der Waals surface area contributed by atoms with Gasteiger partial charge in [-0.25, -0.2) is 18.0 Å². The lowest BCUT2D eigenvalue weighted by atomic mass is 10.1. The van der Waals surface area contributed by atoms with Gasteiger partial charge in [-0.05, 0) is 46.7 Å². The fourth-order valence-electron chi connectivity index (χ4n) is 2.44. The second-order valence-corrected chi connectivity index (χ2v) is 7.31. The van der Waals surface area contributed by atoms with Crippen molar-refractivity contribution in [3.8, 4) is 11.3 Å². The topological polar surface area (TPSA) is 86.0 Å². The first-order valence-electron chi connectivity index (χ1n) is 6.84. The van der Waals surface area contributed by atoms with E-state index in [1.807, 2.05) is 30.3 Å². The molecule has 0 saturated carbocycles. The predicted molar refractivity (Wildman–Crippen MR) is 85.7 cm³/mol. The standard InChI is InChI=1S/C16H11N3O3S/c1-23(20,21)12-4-7-14-10(8-12)2-5-13(17-14)11-3-6-15-16(9-11)19-22-18-15/h2-9H,1H3. The molecule has 0 amide bonds. The molecule has 0 aliphatic rings. The predicted octanol–water partition coefficient (Wildman–Crippen LogP) is 2.84. The fourth-order valence-corrected chi connectivity index (χ4v) is 3.09. The van der Waals surface area contributed by atoms with E-state index in [2.05, 4.69) is 15.3 Å². The van der Waals surface area contributed by atoms with Crippen molar-refractivity contribution in [2.75, 3.05) is 6.26 Å². The summed E-state index contributed by atoms with van der Waals surface area (Å²) in [6, 6.07) is 14.2. The van der Waals surface area contributed by atoms with Crippen LogP contribution in [0.1, 0.15) is 0 Å². The Morgan fingerprint density at radius 2 is 1.65 bits per heavy atom. The van der Waals surface area contributed by atoms with Gasteiger partial charge in [0.05, 0.1) is 16.1 Å². The van der Waals surface area contributed by atoms with E-state index in [9.17, 15) is 8.42 Å². The zero-order chi connectivity index (χ0) is 16.0. The molecular formula is C16H11N3O3S. The number of hydrogen-bond acceptors (Lipinski definition) is 6. The van der Waals surface area contributed by atoms with Gasteiger partial charge in [0.25, 0.3) is 0 Å². The maximum absolute atomic E-state index is 11.6. The number of pyridine rings is 1. The van der Waals surface area contributed by atoms with Crippen LogP contribution >= 0.6 is 0 Å². The summed E-state index contributed by atoms with van der Waals surface area (Å²) in [5.41, 5.74) is 3.74. The average Bonchev–Trinajstić information content (AvgIpc) is 3.00. The van der Waals surface area contributed by atoms with Gasteiger partial charge in [0.2, 0.25) is 0 Å². The molecule has 0 aliphatic carbocycles. The number of hydrogen-bond donors (Lipinski definition) is 0. The Hall–Kier alpha value is -2.80. The Labute approximate surface area is 131 Å². The third kappa shape index (κ3) is 2.44. The molecule has 0 radical (unpaired) electrons. The molecule has 0 atom stereocenters. The van der Waals surface area contributed by atoms with Crippen LogP contribution in [0, 0.1) is 0 Å². The van der Waals surface area contributed by atoms with Crippen LogP contribution in [0.25, 0.3) is 33.2 Å². The van der Waals surface area contributed by atoms with E-state index in [4.69, 9.17) is 4.63 Å². The zero-order valence-electron chi connectivity index (χ0n) is 12.1. The maximum atomic E-state index is 11.6. The summed E-state index contributed by atoms with van der Waals surface area (Å²) in [7, 11) is -3.23. The highest BCUT2D eigenvalue weighted by atomic mass is 32.2. The molecule has 7 heteroatoms. The van der Waals surface area contributed by atoms with Crippen molar-refractivity contribution in [1.29, 1.82) is 0 Å². The second-order valence-electron chi connectivity index (χ2n) is 5.29. The van der Waals surface area contributed by atoms with Crippen LogP contribution in [0.15, 0.2) is 58.1 Å². The van der Waals surface area contributed by atoms with E-state index in [1.165, 1.54) is 6.26 Å². The Bertz CT molecular complexity index is 1150. The van der Waals surface area contributed by atoms with Crippen molar-refractivity contribution < 1.29 is 13.0 Å². The van der Waals surface area contributed by atoms with E-state index in [0.717, 1.165) is 22.2 Å². The molecular weight excluding hydrogens is 314 g/mol. The molecule has 0 spiro atoms. The Morgan fingerprint density at radius 3 is 2.48 bits per heavy atom. The van der Waals surface area contributed by atoms with E-state index < -0.39 is 9.84 Å². The minimum atomic E-state index is -3.23. The quantitative estimate of drug-likeness (QED) is 0.563. The van der Waals surface area contributed by atoms with Crippen molar-refractivity contribution in [2.45, 2.75) is 4.90 Å². The zero-order valence-corrected chi connectivity index (χ0v) is 12.9. The van der Waals surface area contributed by atoms with Gasteiger partial charge in [0.1, 0.15) is 11.0 Å². The van der Waals surface area contributed by atoms with Crippen LogP contribution in [-0.2, 0) is 9.84 Å². The highest BCUT2D eigenvalue weighted by Crippen LogP contribution is 2.25. The third-order valence-corrected chi connectivity index (χ3v) is 4.75. The summed E-state index contributed by atoms with van der Waals surface area (Å²) < 4.78 is 27.9. The van der Waals surface area contributed by atoms with Crippen LogP contribution in [-0.4, -0.2) is 30.0 Å². The highest BCUT2D eigenvalue weighted by molar-refractivity contribution is 7.90. The van der Waals surface area contributed by atoms with E-state index >= 15 is 0 Å². The molecule has 2 aromatic heterocycles. The Balaban J connectivity index is 1.85. The number of benzene rings is 2. The number of nitrogens with zero attached hydrogens (tertiary/aromatic N) is 3. The monoisotopic (exact) mass is 325 g/mol. The van der Waals surface area contributed by atoms with Crippen molar-refractivity contribution in [1.82, 2.24) is 15.3 Å². The maximum Gasteiger partial charge on any atom is 0.175 e. The molecule has 2 aromatic carbocycles. The minimum absolute atomic E-state index is 0.287. The minimum Gasteiger partial charge on any atom is -0.248 e. The number of aromatic nitrogens is 3. The number of sulfone groups is 1. The van der Waals surface area contributed by atoms with Gasteiger partial charge in [0.15, 0.2) is 9.84 Å². The van der Waals surface area contributed by atoms with Crippen molar-refractivity contribution >= 4 is 31.8 Å². The molecule has 0 aliphatic heterocycles. The summed E-state index contributed by atoms with van der Waals surface area (Å²) >= 11 is 0. The molecule has 0 bridgehead atoms. The van der Waals surface area contributed by atoms with Crippen molar-refractivity contribution in [2.24, 2.45) is 0 Å². The first-order chi connectivity index (χ1) is 11.0. The summed E-state index contributed by atoms with van der Waals surface area (Å²) in [5, 5.41) is 8.38. The van der Waals surface area contributed by atoms with Crippen LogP contribution < -0.4 is 0 Å². The second kappa shape index (κ2) is 4.85. The summed E-state index contributed by atoms with van der Waals surface area (Å²) in [5.74, 6) is 0. The number of fused-ring (bicyclic) bond motifs is 2. The van der Waals surface area contributed by atoms with E-state index in [0.29, 0.717) is 11.0 Å². The SMILES string of the molecule is CS(=O)(=O)c1ccc2nc(-c3ccc4nonc4c3)ccc2c1. The van der Waals surface area contributed by atoms with Gasteiger partial charge in [-0.3, -0.25) is 0 Å². The Kier molecular flexibility index (Phi) is 2.92. The molecule has 114 valence electrons. The fraction of sp³-hybridized carbons (Fsp3) is 0.0625. The van der Waals surface area contributed by atoms with Gasteiger partial charge in [-0.15, -0.1) is 0 Å². The van der Waals surface area contributed by atoms with Gasteiger partial charge in [0, 0.05) is 17.2 Å². The Morgan fingerprint density at radius 1 is 0.870 bits per heavy atom. The van der Waals surface area contributed by atoms with Gasteiger partial charge < -0.3 is 0 Å². The molecule has 2 heterocycles. The average molecular weight is 325 g/mol. The molecule has 23 heavy (non-hydrogen) atoms. The molecule has 0 unspecified atom stereocenters. The molecule has 6 nitrogen and oxygen atoms in total. The van der Waals surface area contributed by atoms with Gasteiger partial charge in [-0.2, -0.15) is 0 Å². The van der Waals surface area contributed by atoms with Gasteiger partial charge >= 0.3 is 0 Å². The van der Waals surface area contributed by atoms with E-state index in [1.54, 1.807) is 18.2 Å². The van der Waals surface area contributed by atoms with Crippen LogP contribution in [0.2, 0.25) is 0 Å². The van der Waals surface area contributed by atoms with Crippen LogP contribution in [0.4, 0.5) is 0 Å². The van der Waals surface area contributed by atoms with Crippen molar-refractivity contribution in [3.63, 3.8) is 0 Å². The largest absolute Gasteiger partial charge is 0.248 e. The first kappa shape index (κ1) is 13.8. The summed E-state index contributed by atoms with van der Waals surface area (Å²) in [6.07, 6.45) is 1.19. The van der Waals surface area contributed by atoms with E-state index in [-0.39, 0.29) is 4.90 Å². The lowest BCUT2D eigenvalue weighted by Gasteiger charge is -2.05. The highest BCUT2D eigenvalue weighted by Gasteiger charge is 2.10.